The Balaban J connectivity index is 1.42. The van der Waals surface area contributed by atoms with Gasteiger partial charge in [-0.2, -0.15) is 4.31 Å². The number of nitrogens with zero attached hydrogens (tertiary/aromatic N) is 3. The number of piperidine rings is 1. The fourth-order valence-electron chi connectivity index (χ4n) is 4.55. The summed E-state index contributed by atoms with van der Waals surface area (Å²) in [5, 5.41) is 1.72. The summed E-state index contributed by atoms with van der Waals surface area (Å²) in [6.07, 6.45) is 1.51. The Kier molecular flexibility index (Phi) is 4.95. The third-order valence-electron chi connectivity index (χ3n) is 6.21. The number of sulfonamides is 1. The molecule has 2 heterocycles. The number of para-hydroxylation sites is 2. The zero-order valence-electron chi connectivity index (χ0n) is 17.7. The van der Waals surface area contributed by atoms with E-state index in [9.17, 15) is 8.42 Å². The van der Waals surface area contributed by atoms with Gasteiger partial charge < -0.3 is 9.88 Å². The van der Waals surface area contributed by atoms with E-state index in [0.717, 1.165) is 46.2 Å². The minimum Gasteiger partial charge on any atom is -0.377 e. The highest BCUT2D eigenvalue weighted by atomic mass is 32.2. The number of hydrogen-bond acceptors (Lipinski definition) is 4. The molecule has 6 nitrogen and oxygen atoms in total. The van der Waals surface area contributed by atoms with Gasteiger partial charge in [0.05, 0.1) is 15.9 Å². The van der Waals surface area contributed by atoms with Crippen LogP contribution >= 0.6 is 0 Å². The van der Waals surface area contributed by atoms with E-state index in [-0.39, 0.29) is 5.92 Å². The molecule has 5 rings (SSSR count). The maximum atomic E-state index is 13.6. The van der Waals surface area contributed by atoms with Crippen LogP contribution in [0.25, 0.3) is 21.8 Å². The van der Waals surface area contributed by atoms with E-state index in [1.165, 1.54) is 0 Å². The van der Waals surface area contributed by atoms with E-state index in [0.29, 0.717) is 18.0 Å². The van der Waals surface area contributed by atoms with Crippen LogP contribution in [0.1, 0.15) is 24.6 Å². The Morgan fingerprint density at radius 3 is 2.39 bits per heavy atom. The summed E-state index contributed by atoms with van der Waals surface area (Å²) in [5.74, 6) is 1.20. The second-order valence-corrected chi connectivity index (χ2v) is 10.2. The minimum atomic E-state index is -3.58. The van der Waals surface area contributed by atoms with Gasteiger partial charge in [0.15, 0.2) is 0 Å². The topological polar surface area (TPSA) is 69.3 Å². The number of nitrogens with one attached hydrogen (secondary N) is 1. The van der Waals surface area contributed by atoms with E-state index in [2.05, 4.69) is 4.98 Å². The molecule has 3 aromatic carbocycles. The molecule has 160 valence electrons. The fourth-order valence-corrected chi connectivity index (χ4v) is 6.23. The quantitative estimate of drug-likeness (QED) is 0.518. The number of fused-ring (bicyclic) bond motifs is 2. The van der Waals surface area contributed by atoms with Crippen LogP contribution in [-0.4, -0.2) is 49.9 Å². The highest BCUT2D eigenvalue weighted by molar-refractivity contribution is 7.89. The van der Waals surface area contributed by atoms with Gasteiger partial charge in [0.2, 0.25) is 10.0 Å². The number of aromatic amines is 1. The normalized spacial score (nSPS) is 16.2. The van der Waals surface area contributed by atoms with Crippen LogP contribution in [0.3, 0.4) is 0 Å². The lowest BCUT2D eigenvalue weighted by atomic mass is 9.97. The maximum Gasteiger partial charge on any atom is 0.243 e. The van der Waals surface area contributed by atoms with Crippen molar-refractivity contribution in [2.24, 2.45) is 0 Å². The third-order valence-corrected chi connectivity index (χ3v) is 8.16. The number of aromatic nitrogens is 2. The van der Waals surface area contributed by atoms with Gasteiger partial charge in [-0.25, -0.2) is 13.4 Å². The van der Waals surface area contributed by atoms with Gasteiger partial charge in [-0.05, 0) is 37.1 Å². The molecular weight excluding hydrogens is 408 g/mol. The molecule has 0 aliphatic carbocycles. The Morgan fingerprint density at radius 1 is 0.935 bits per heavy atom. The Hall–Kier alpha value is -2.90. The van der Waals surface area contributed by atoms with E-state index < -0.39 is 10.0 Å². The molecule has 31 heavy (non-hydrogen) atoms. The van der Waals surface area contributed by atoms with Crippen molar-refractivity contribution in [3.05, 3.63) is 66.5 Å². The van der Waals surface area contributed by atoms with Crippen molar-refractivity contribution < 1.29 is 8.42 Å². The minimum absolute atomic E-state index is 0.242. The van der Waals surface area contributed by atoms with Gasteiger partial charge in [0.25, 0.3) is 0 Å². The molecule has 0 bridgehead atoms. The van der Waals surface area contributed by atoms with Crippen molar-refractivity contribution in [1.29, 1.82) is 0 Å². The molecule has 1 fully saturated rings. The average molecular weight is 435 g/mol. The highest BCUT2D eigenvalue weighted by Crippen LogP contribution is 2.34. The molecule has 1 N–H and O–H groups in total. The summed E-state index contributed by atoms with van der Waals surface area (Å²) in [7, 11) is 0.365. The second kappa shape index (κ2) is 7.66. The summed E-state index contributed by atoms with van der Waals surface area (Å²) in [6.45, 7) is 0.988. The molecule has 0 amide bonds. The van der Waals surface area contributed by atoms with Crippen molar-refractivity contribution in [3.63, 3.8) is 0 Å². The van der Waals surface area contributed by atoms with Gasteiger partial charge in [-0.3, -0.25) is 0 Å². The molecule has 0 saturated carbocycles. The van der Waals surface area contributed by atoms with Gasteiger partial charge in [0, 0.05) is 49.6 Å². The van der Waals surface area contributed by atoms with Crippen molar-refractivity contribution in [3.8, 4) is 0 Å². The molecule has 1 aliphatic rings. The van der Waals surface area contributed by atoms with E-state index in [1.54, 1.807) is 10.4 Å². The summed E-state index contributed by atoms with van der Waals surface area (Å²) < 4.78 is 28.7. The van der Waals surface area contributed by atoms with Crippen LogP contribution in [0.15, 0.2) is 65.6 Å². The van der Waals surface area contributed by atoms with Gasteiger partial charge in [-0.1, -0.05) is 36.4 Å². The zero-order chi connectivity index (χ0) is 21.6. The van der Waals surface area contributed by atoms with Crippen molar-refractivity contribution >= 4 is 37.5 Å². The van der Waals surface area contributed by atoms with Gasteiger partial charge in [0.1, 0.15) is 5.82 Å². The van der Waals surface area contributed by atoms with E-state index in [1.807, 2.05) is 73.6 Å². The molecule has 0 unspecified atom stereocenters. The lowest BCUT2D eigenvalue weighted by molar-refractivity contribution is 0.314. The largest absolute Gasteiger partial charge is 0.377 e. The Morgan fingerprint density at radius 2 is 1.65 bits per heavy atom. The van der Waals surface area contributed by atoms with Gasteiger partial charge in [-0.15, -0.1) is 0 Å². The van der Waals surface area contributed by atoms with Crippen molar-refractivity contribution in [2.75, 3.05) is 32.1 Å². The SMILES string of the molecule is CN(C)c1cccc2c(S(=O)(=O)N3CCC(c4nc5ccccc5[nH]4)CC3)cccc12. The van der Waals surface area contributed by atoms with E-state index >= 15 is 0 Å². The molecule has 1 saturated heterocycles. The predicted octanol–water partition coefficient (Wildman–Crippen LogP) is 4.35. The standard InChI is InChI=1S/C24H26N4O2S/c1-27(2)22-11-5-8-19-18(22)7-6-12-23(19)31(29,30)28-15-13-17(14-16-28)24-25-20-9-3-4-10-21(20)26-24/h3-12,17H,13-16H2,1-2H3,(H,25,26). The molecule has 0 atom stereocenters. The highest BCUT2D eigenvalue weighted by Gasteiger charge is 2.32. The van der Waals surface area contributed by atoms with Crippen molar-refractivity contribution in [2.45, 2.75) is 23.7 Å². The molecule has 4 aromatic rings. The number of rotatable bonds is 4. The monoisotopic (exact) mass is 434 g/mol. The Labute approximate surface area is 182 Å². The predicted molar refractivity (Wildman–Crippen MR) is 125 cm³/mol. The number of anilines is 1. The number of benzene rings is 3. The van der Waals surface area contributed by atoms with Gasteiger partial charge >= 0.3 is 0 Å². The van der Waals surface area contributed by atoms with Crippen LogP contribution in [0.4, 0.5) is 5.69 Å². The smallest absolute Gasteiger partial charge is 0.243 e. The van der Waals surface area contributed by atoms with Crippen molar-refractivity contribution in [1.82, 2.24) is 14.3 Å². The molecule has 0 radical (unpaired) electrons. The second-order valence-electron chi connectivity index (χ2n) is 8.34. The first-order valence-corrected chi connectivity index (χ1v) is 12.0. The van der Waals surface area contributed by atoms with Crippen LogP contribution in [0.5, 0.6) is 0 Å². The number of imidazole rings is 1. The lowest BCUT2D eigenvalue weighted by Gasteiger charge is -2.30. The third kappa shape index (κ3) is 3.47. The fraction of sp³-hybridized carbons (Fsp3) is 0.292. The lowest BCUT2D eigenvalue weighted by Crippen LogP contribution is -2.38. The zero-order valence-corrected chi connectivity index (χ0v) is 18.6. The summed E-state index contributed by atoms with van der Waals surface area (Å²) >= 11 is 0. The first-order valence-electron chi connectivity index (χ1n) is 10.6. The molecule has 7 heteroatoms. The first-order chi connectivity index (χ1) is 14.9. The molecule has 1 aromatic heterocycles. The van der Waals surface area contributed by atoms with Crippen LogP contribution in [-0.2, 0) is 10.0 Å². The maximum absolute atomic E-state index is 13.6. The van der Waals surface area contributed by atoms with Crippen LogP contribution in [0.2, 0.25) is 0 Å². The number of hydrogen-bond donors (Lipinski definition) is 1. The number of H-pyrrole nitrogens is 1. The molecule has 1 aliphatic heterocycles. The Bertz CT molecular complexity index is 1320. The van der Waals surface area contributed by atoms with Crippen LogP contribution < -0.4 is 4.90 Å². The molecular formula is C24H26N4O2S. The average Bonchev–Trinajstić information content (AvgIpc) is 3.22. The summed E-state index contributed by atoms with van der Waals surface area (Å²) in [4.78, 5) is 10.5. The molecule has 0 spiro atoms. The van der Waals surface area contributed by atoms with Crippen LogP contribution in [0, 0.1) is 0 Å². The first kappa shape index (κ1) is 20.0. The van der Waals surface area contributed by atoms with E-state index in [4.69, 9.17) is 4.98 Å². The summed E-state index contributed by atoms with van der Waals surface area (Å²) in [6, 6.07) is 19.4. The summed E-state index contributed by atoms with van der Waals surface area (Å²) in [5.41, 5.74) is 3.00.